The quantitative estimate of drug-likeness (QED) is 0.578. The molecule has 0 aromatic rings. The summed E-state index contributed by atoms with van der Waals surface area (Å²) in [5.41, 5.74) is 3.84. The van der Waals surface area contributed by atoms with Crippen LogP contribution in [0.5, 0.6) is 0 Å². The van der Waals surface area contributed by atoms with Gasteiger partial charge < -0.3 is 0 Å². The molecule has 4 unspecified atom stereocenters. The van der Waals surface area contributed by atoms with E-state index in [2.05, 4.69) is 24.6 Å². The number of rotatable bonds is 1. The van der Waals surface area contributed by atoms with Gasteiger partial charge in [0.2, 0.25) is 0 Å². The molecule has 0 radical (unpaired) electrons. The van der Waals surface area contributed by atoms with E-state index in [0.717, 1.165) is 3.72 Å². The van der Waals surface area contributed by atoms with E-state index < -0.39 is 8.89 Å². The maximum absolute atomic E-state index is 3.16. The first-order chi connectivity index (χ1) is 8.06. The second kappa shape index (κ2) is 0.492. The molecule has 84 valence electrons. The van der Waals surface area contributed by atoms with E-state index in [-0.39, 0.29) is 0 Å². The first kappa shape index (κ1) is 6.10. The van der Waals surface area contributed by atoms with Crippen molar-refractivity contribution in [3.63, 3.8) is 0 Å². The van der Waals surface area contributed by atoms with E-state index in [0.29, 0.717) is 0 Å². The fraction of sp³-hybridized carbons (Fsp3) is 0.750. The fourth-order valence-corrected chi connectivity index (χ4v) is 149. The monoisotopic (exact) mass is 256 g/mol. The van der Waals surface area contributed by atoms with Crippen molar-refractivity contribution < 1.29 is 8.89 Å². The van der Waals surface area contributed by atoms with Crippen LogP contribution in [0, 0.1) is 0 Å². The minimum atomic E-state index is -3.16. The molecule has 1 spiro atoms. The summed E-state index contributed by atoms with van der Waals surface area (Å²) in [5.74, 6) is 0. The SMILES string of the molecule is CC1=C([C]23[CH]4[CH]5[CH]6[CH]2[Ti]56432789[CH]3[CH]2[CH]7[CH]8[CH]39)CC=C1. The third kappa shape index (κ3) is 0.0621. The third-order valence-corrected chi connectivity index (χ3v) is 81.9. The van der Waals surface area contributed by atoms with Gasteiger partial charge in [-0.1, -0.05) is 0 Å². The molecule has 1 aliphatic carbocycles. The first-order valence-corrected chi connectivity index (χ1v) is 17.4. The summed E-state index contributed by atoms with van der Waals surface area (Å²) >= 11 is 0. The van der Waals surface area contributed by atoms with Crippen LogP contribution in [0.25, 0.3) is 0 Å². The molecule has 10 saturated heterocycles. The Morgan fingerprint density at radius 1 is 1.00 bits per heavy atom. The van der Waals surface area contributed by atoms with Crippen molar-refractivity contribution in [2.45, 2.75) is 55.1 Å². The van der Waals surface area contributed by atoms with E-state index in [9.17, 15) is 0 Å². The van der Waals surface area contributed by atoms with Gasteiger partial charge in [-0.25, -0.2) is 0 Å². The second-order valence-electron chi connectivity index (χ2n) is 14.6. The van der Waals surface area contributed by atoms with Gasteiger partial charge in [0.25, 0.3) is 0 Å². The molecule has 0 bridgehead atoms. The molecule has 0 aromatic carbocycles. The van der Waals surface area contributed by atoms with Crippen LogP contribution in [0.1, 0.15) is 13.3 Å². The fourth-order valence-electron chi connectivity index (χ4n) is 25.9. The maximum atomic E-state index is 2.50. The van der Waals surface area contributed by atoms with Gasteiger partial charge in [0.05, 0.1) is 0 Å². The van der Waals surface area contributed by atoms with Crippen molar-refractivity contribution in [3.8, 4) is 0 Å². The molecule has 0 nitrogen and oxygen atoms in total. The average molecular weight is 256 g/mol. The summed E-state index contributed by atoms with van der Waals surface area (Å²) in [5, 5.41) is 0. The Labute approximate surface area is 87.0 Å². The van der Waals surface area contributed by atoms with Gasteiger partial charge >= 0.3 is 87.3 Å². The summed E-state index contributed by atoms with van der Waals surface area (Å²) in [6.07, 6.45) is 6.38. The van der Waals surface area contributed by atoms with Crippen LogP contribution in [0.3, 0.4) is 0 Å². The molecule has 11 aliphatic rings. The van der Waals surface area contributed by atoms with E-state index in [1.54, 1.807) is 5.57 Å². The molecule has 0 N–H and O–H groups in total. The van der Waals surface area contributed by atoms with Crippen LogP contribution >= 0.6 is 0 Å². The number of hydrogen-bond acceptors (Lipinski definition) is 0. The van der Waals surface area contributed by atoms with Gasteiger partial charge in [0, 0.05) is 0 Å². The summed E-state index contributed by atoms with van der Waals surface area (Å²) in [7, 11) is -3.16. The summed E-state index contributed by atoms with van der Waals surface area (Å²) < 4.78 is 14.8. The molecule has 0 saturated carbocycles. The van der Waals surface area contributed by atoms with Crippen LogP contribution in [-0.4, -0.2) is 0 Å². The predicted octanol–water partition coefficient (Wildman–Crippen LogP) is 5.02. The van der Waals surface area contributed by atoms with Gasteiger partial charge in [-0.15, -0.1) is 0 Å². The van der Waals surface area contributed by atoms with Gasteiger partial charge in [-0.2, -0.15) is 0 Å². The zero-order valence-corrected chi connectivity index (χ0v) is 11.6. The molecule has 10 aliphatic heterocycles. The Balaban J connectivity index is 1.63. The molecule has 0 aromatic heterocycles. The number of allylic oxidation sites excluding steroid dienone is 4. The van der Waals surface area contributed by atoms with Gasteiger partial charge in [-0.05, 0) is 0 Å². The van der Waals surface area contributed by atoms with Crippen molar-refractivity contribution in [2.75, 3.05) is 0 Å². The average Bonchev–Trinajstić information content (AvgIpc) is 3.24. The molecule has 1 heteroatoms. The van der Waals surface area contributed by atoms with Gasteiger partial charge in [0.15, 0.2) is 0 Å². The summed E-state index contributed by atoms with van der Waals surface area (Å²) in [6.45, 7) is 2.45. The van der Waals surface area contributed by atoms with Crippen molar-refractivity contribution >= 4 is 0 Å². The number of fused-ring (bicyclic) bond motifs is 10. The minimum absolute atomic E-state index is 1.09. The Morgan fingerprint density at radius 2 is 1.59 bits per heavy atom. The molecule has 0 amide bonds. The Morgan fingerprint density at radius 3 is 1.88 bits per heavy atom. The predicted molar refractivity (Wildman–Crippen MR) is 62.9 cm³/mol. The zero-order valence-electron chi connectivity index (χ0n) is 10.1. The first-order valence-electron chi connectivity index (χ1n) is 8.48. The van der Waals surface area contributed by atoms with Crippen molar-refractivity contribution in [3.05, 3.63) is 23.3 Å². The van der Waals surface area contributed by atoms with Gasteiger partial charge in [0.1, 0.15) is 0 Å². The van der Waals surface area contributed by atoms with E-state index in [1.165, 1.54) is 44.4 Å². The molecule has 10 heterocycles. The number of hydrogen-bond donors (Lipinski definition) is 0. The third-order valence-electron chi connectivity index (χ3n) is 21.9. The summed E-state index contributed by atoms with van der Waals surface area (Å²) in [6, 6.07) is 0. The van der Waals surface area contributed by atoms with E-state index in [4.69, 9.17) is 0 Å². The molecule has 17 heavy (non-hydrogen) atoms. The van der Waals surface area contributed by atoms with E-state index in [1.807, 2.05) is 0 Å². The van der Waals surface area contributed by atoms with Crippen molar-refractivity contribution in [2.24, 2.45) is 0 Å². The molecule has 4 atom stereocenters. The van der Waals surface area contributed by atoms with Crippen LogP contribution in [-0.2, 0) is 8.89 Å². The van der Waals surface area contributed by atoms with Crippen LogP contribution in [0.2, 0.25) is 41.7 Å². The van der Waals surface area contributed by atoms with Crippen LogP contribution < -0.4 is 0 Å². The van der Waals surface area contributed by atoms with Crippen molar-refractivity contribution in [1.29, 1.82) is 0 Å². The standard InChI is InChI=1S/C11H11.C5H5.Ti/c1-9-5-4-8-11(9)10-6-2-3-7-10;1-2-4-5-3-1;/h2-7H,8H2,1H3;1-5H;. The van der Waals surface area contributed by atoms with Gasteiger partial charge in [-0.3, -0.25) is 0 Å². The topological polar surface area (TPSA) is 0 Å². The Hall–Kier alpha value is 0.194. The molecular formula is C16H16Ti. The Kier molecular flexibility index (Phi) is 0.176. The van der Waals surface area contributed by atoms with E-state index >= 15 is 0 Å². The van der Waals surface area contributed by atoms with Crippen molar-refractivity contribution in [1.82, 2.24) is 0 Å². The second-order valence-corrected chi connectivity index (χ2v) is 47.9. The molecule has 11 rings (SSSR count). The molecular weight excluding hydrogens is 240 g/mol. The summed E-state index contributed by atoms with van der Waals surface area (Å²) in [4.78, 5) is 0. The van der Waals surface area contributed by atoms with Crippen LogP contribution in [0.15, 0.2) is 23.3 Å². The normalized spacial score (nSPS) is 123. The Bertz CT molecular complexity index is 1010. The van der Waals surface area contributed by atoms with Crippen LogP contribution in [0.4, 0.5) is 0 Å². The zero-order chi connectivity index (χ0) is 10.3. The molecule has 10 fully saturated rings.